The lowest BCUT2D eigenvalue weighted by molar-refractivity contribution is -0.145. The Morgan fingerprint density at radius 3 is 2.13 bits per heavy atom. The van der Waals surface area contributed by atoms with Crippen molar-refractivity contribution < 1.29 is 22.7 Å². The third-order valence-electron chi connectivity index (χ3n) is 4.78. The van der Waals surface area contributed by atoms with Crippen molar-refractivity contribution in [1.29, 1.82) is 0 Å². The lowest BCUT2D eigenvalue weighted by Gasteiger charge is -2.08. The zero-order valence-corrected chi connectivity index (χ0v) is 18.3. The third kappa shape index (κ3) is 6.69. The number of aryl methyl sites for hydroxylation is 1. The van der Waals surface area contributed by atoms with Gasteiger partial charge in [0.25, 0.3) is 0 Å². The molecule has 162 valence electrons. The van der Waals surface area contributed by atoms with Crippen LogP contribution >= 0.6 is 0 Å². The highest BCUT2D eigenvalue weighted by molar-refractivity contribution is 7.91. The molecule has 0 aliphatic rings. The number of hydrogen-bond donors (Lipinski definition) is 0. The molecule has 0 aromatic heterocycles. The van der Waals surface area contributed by atoms with Crippen molar-refractivity contribution in [2.45, 2.75) is 24.7 Å². The van der Waals surface area contributed by atoms with Gasteiger partial charge in [-0.1, -0.05) is 54.6 Å². The van der Waals surface area contributed by atoms with Crippen molar-refractivity contribution in [1.82, 2.24) is 0 Å². The van der Waals surface area contributed by atoms with Crippen molar-refractivity contribution in [3.63, 3.8) is 0 Å². The fourth-order valence-corrected chi connectivity index (χ4v) is 4.48. The van der Waals surface area contributed by atoms with Crippen molar-refractivity contribution in [3.05, 3.63) is 84.4 Å². The molecule has 0 heterocycles. The number of rotatable bonds is 10. The van der Waals surface area contributed by atoms with Crippen molar-refractivity contribution >= 4 is 15.8 Å². The Morgan fingerprint density at radius 1 is 0.839 bits per heavy atom. The second kappa shape index (κ2) is 10.8. The van der Waals surface area contributed by atoms with Gasteiger partial charge in [-0.15, -0.1) is 0 Å². The van der Waals surface area contributed by atoms with E-state index in [2.05, 4.69) is 0 Å². The molecule has 0 N–H and O–H groups in total. The van der Waals surface area contributed by atoms with Gasteiger partial charge in [0.05, 0.1) is 17.3 Å². The summed E-state index contributed by atoms with van der Waals surface area (Å²) in [6, 6.07) is 24.2. The second-order valence-electron chi connectivity index (χ2n) is 7.05. The van der Waals surface area contributed by atoms with Gasteiger partial charge in [0.15, 0.2) is 16.4 Å². The van der Waals surface area contributed by atoms with E-state index < -0.39 is 15.8 Å². The summed E-state index contributed by atoms with van der Waals surface area (Å²) in [4.78, 5) is 11.7. The fraction of sp³-hybridized carbons (Fsp3) is 0.240. The molecular weight excluding hydrogens is 412 g/mol. The van der Waals surface area contributed by atoms with E-state index in [0.29, 0.717) is 30.1 Å². The number of hydrogen-bond acceptors (Lipinski definition) is 5. The van der Waals surface area contributed by atoms with Gasteiger partial charge < -0.3 is 9.47 Å². The first-order chi connectivity index (χ1) is 15.0. The zero-order valence-electron chi connectivity index (χ0n) is 17.5. The van der Waals surface area contributed by atoms with E-state index >= 15 is 0 Å². The Hall–Kier alpha value is -3.12. The Labute approximate surface area is 183 Å². The maximum atomic E-state index is 12.7. The summed E-state index contributed by atoms with van der Waals surface area (Å²) in [6.07, 6.45) is 1.16. The number of sulfone groups is 1. The molecule has 0 radical (unpaired) electrons. The molecule has 0 saturated heterocycles. The average Bonchev–Trinajstić information content (AvgIpc) is 2.79. The summed E-state index contributed by atoms with van der Waals surface area (Å²) < 4.78 is 35.5. The van der Waals surface area contributed by atoms with Crippen molar-refractivity contribution in [3.8, 4) is 16.9 Å². The second-order valence-corrected chi connectivity index (χ2v) is 9.16. The molecule has 0 spiro atoms. The summed E-state index contributed by atoms with van der Waals surface area (Å²) >= 11 is 0. The topological polar surface area (TPSA) is 69.7 Å². The van der Waals surface area contributed by atoms with Gasteiger partial charge in [0, 0.05) is 0 Å². The molecule has 0 bridgehead atoms. The zero-order chi connectivity index (χ0) is 22.1. The van der Waals surface area contributed by atoms with Gasteiger partial charge in [-0.3, -0.25) is 0 Å². The SMILES string of the molecule is CCOC(=O)COc1ccc(CCCS(=O)(=O)c2ccc(-c3ccccc3)cc2)cc1. The minimum absolute atomic E-state index is 0.0821. The van der Waals surface area contributed by atoms with E-state index in [1.165, 1.54) is 0 Å². The van der Waals surface area contributed by atoms with E-state index in [0.717, 1.165) is 16.7 Å². The van der Waals surface area contributed by atoms with E-state index in [-0.39, 0.29) is 12.4 Å². The molecule has 0 fully saturated rings. The summed E-state index contributed by atoms with van der Waals surface area (Å²) in [7, 11) is -3.34. The number of ether oxygens (including phenoxy) is 2. The maximum Gasteiger partial charge on any atom is 0.344 e. The van der Waals surface area contributed by atoms with Crippen LogP contribution in [0, 0.1) is 0 Å². The van der Waals surface area contributed by atoms with Crippen LogP contribution in [-0.4, -0.2) is 33.4 Å². The van der Waals surface area contributed by atoms with Crippen LogP contribution in [0.4, 0.5) is 0 Å². The van der Waals surface area contributed by atoms with Crippen LogP contribution in [0.3, 0.4) is 0 Å². The molecule has 0 aliphatic carbocycles. The third-order valence-corrected chi connectivity index (χ3v) is 6.60. The Balaban J connectivity index is 1.51. The lowest BCUT2D eigenvalue weighted by atomic mass is 10.1. The molecule has 0 amide bonds. The average molecular weight is 439 g/mol. The molecular formula is C25H26O5S. The monoisotopic (exact) mass is 438 g/mol. The predicted octanol–water partition coefficient (Wildman–Crippen LogP) is 4.70. The van der Waals surface area contributed by atoms with Gasteiger partial charge in [-0.05, 0) is 60.7 Å². The Morgan fingerprint density at radius 2 is 1.48 bits per heavy atom. The standard InChI is InChI=1S/C25H26O5S/c1-2-29-25(26)19-30-23-14-10-20(11-15-23)7-6-18-31(27,28)24-16-12-22(13-17-24)21-8-4-3-5-9-21/h3-5,8-17H,2,6-7,18-19H2,1H3. The van der Waals surface area contributed by atoms with E-state index in [9.17, 15) is 13.2 Å². The molecule has 0 atom stereocenters. The van der Waals surface area contributed by atoms with Crippen molar-refractivity contribution in [2.75, 3.05) is 19.0 Å². The van der Waals surface area contributed by atoms with Gasteiger partial charge in [-0.2, -0.15) is 0 Å². The Bertz CT molecular complexity index is 1070. The largest absolute Gasteiger partial charge is 0.482 e. The van der Waals surface area contributed by atoms with E-state index in [4.69, 9.17) is 9.47 Å². The van der Waals surface area contributed by atoms with E-state index in [1.807, 2.05) is 54.6 Å². The molecule has 5 nitrogen and oxygen atoms in total. The number of carbonyl (C=O) groups excluding carboxylic acids is 1. The highest BCUT2D eigenvalue weighted by Crippen LogP contribution is 2.22. The quantitative estimate of drug-likeness (QED) is 0.429. The molecule has 0 aliphatic heterocycles. The van der Waals surface area contributed by atoms with Crippen LogP contribution in [0.15, 0.2) is 83.8 Å². The molecule has 6 heteroatoms. The van der Waals surface area contributed by atoms with Crippen LogP contribution in [0.1, 0.15) is 18.9 Å². The van der Waals surface area contributed by atoms with Crippen LogP contribution in [0.2, 0.25) is 0 Å². The summed E-state index contributed by atoms with van der Waals surface area (Å²) in [5.74, 6) is 0.246. The summed E-state index contributed by atoms with van der Waals surface area (Å²) in [5, 5.41) is 0. The first-order valence-corrected chi connectivity index (χ1v) is 11.9. The molecule has 0 saturated carbocycles. The lowest BCUT2D eigenvalue weighted by Crippen LogP contribution is -2.14. The van der Waals surface area contributed by atoms with Gasteiger partial charge in [0.1, 0.15) is 5.75 Å². The molecule has 31 heavy (non-hydrogen) atoms. The van der Waals surface area contributed by atoms with Crippen molar-refractivity contribution in [2.24, 2.45) is 0 Å². The first kappa shape index (κ1) is 22.6. The Kier molecular flexibility index (Phi) is 7.84. The molecule has 3 aromatic carbocycles. The number of carbonyl (C=O) groups is 1. The van der Waals surface area contributed by atoms with Crippen LogP contribution in [0.25, 0.3) is 11.1 Å². The van der Waals surface area contributed by atoms with Crippen LogP contribution < -0.4 is 4.74 Å². The number of esters is 1. The van der Waals surface area contributed by atoms with Crippen LogP contribution in [-0.2, 0) is 25.8 Å². The maximum absolute atomic E-state index is 12.7. The van der Waals surface area contributed by atoms with Crippen LogP contribution in [0.5, 0.6) is 5.75 Å². The fourth-order valence-electron chi connectivity index (χ4n) is 3.17. The minimum Gasteiger partial charge on any atom is -0.482 e. The van der Waals surface area contributed by atoms with Gasteiger partial charge in [0.2, 0.25) is 0 Å². The smallest absolute Gasteiger partial charge is 0.344 e. The summed E-state index contributed by atoms with van der Waals surface area (Å²) in [5.41, 5.74) is 3.06. The molecule has 3 rings (SSSR count). The summed E-state index contributed by atoms with van der Waals surface area (Å²) in [6.45, 7) is 1.93. The van der Waals surface area contributed by atoms with E-state index in [1.54, 1.807) is 31.2 Å². The predicted molar refractivity (Wildman–Crippen MR) is 121 cm³/mol. The minimum atomic E-state index is -3.34. The first-order valence-electron chi connectivity index (χ1n) is 10.2. The highest BCUT2D eigenvalue weighted by atomic mass is 32.2. The normalized spacial score (nSPS) is 11.1. The molecule has 3 aromatic rings. The van der Waals surface area contributed by atoms with Gasteiger partial charge >= 0.3 is 5.97 Å². The highest BCUT2D eigenvalue weighted by Gasteiger charge is 2.14. The molecule has 0 unspecified atom stereocenters. The van der Waals surface area contributed by atoms with Gasteiger partial charge in [-0.25, -0.2) is 13.2 Å². The number of benzene rings is 3.